The molecule has 0 fully saturated rings. The number of ether oxygens (including phenoxy) is 1. The van der Waals surface area contributed by atoms with Crippen molar-refractivity contribution in [1.29, 1.82) is 0 Å². The maximum Gasteiger partial charge on any atom is 0.225 e. The summed E-state index contributed by atoms with van der Waals surface area (Å²) in [5.41, 5.74) is 3.64. The summed E-state index contributed by atoms with van der Waals surface area (Å²) in [7, 11) is 1.61. The number of nitrogens with one attached hydrogen (secondary N) is 1. The van der Waals surface area contributed by atoms with Crippen LogP contribution in [0.2, 0.25) is 0 Å². The van der Waals surface area contributed by atoms with E-state index in [2.05, 4.69) is 10.3 Å². The molecule has 28 heavy (non-hydrogen) atoms. The van der Waals surface area contributed by atoms with Gasteiger partial charge in [0.25, 0.3) is 0 Å². The van der Waals surface area contributed by atoms with Gasteiger partial charge in [-0.1, -0.05) is 12.1 Å². The van der Waals surface area contributed by atoms with Crippen LogP contribution in [0.4, 0.5) is 0 Å². The second kappa shape index (κ2) is 7.60. The molecule has 0 aliphatic carbocycles. The maximum absolute atomic E-state index is 12.5. The van der Waals surface area contributed by atoms with Gasteiger partial charge in [-0.15, -0.1) is 0 Å². The van der Waals surface area contributed by atoms with Crippen molar-refractivity contribution >= 4 is 16.9 Å². The van der Waals surface area contributed by atoms with Crippen molar-refractivity contribution in [1.82, 2.24) is 14.9 Å². The molecule has 4 rings (SSSR count). The Labute approximate surface area is 162 Å². The third kappa shape index (κ3) is 3.62. The van der Waals surface area contributed by atoms with E-state index in [1.54, 1.807) is 25.9 Å². The third-order valence-electron chi connectivity index (χ3n) is 4.79. The number of carbonyl (C=O) groups is 1. The molecule has 4 aromatic rings. The zero-order valence-electron chi connectivity index (χ0n) is 15.8. The van der Waals surface area contributed by atoms with Crippen LogP contribution in [0, 0.1) is 0 Å². The minimum Gasteiger partial charge on any atom is -0.497 e. The number of aromatic nitrogens is 2. The number of benzene rings is 2. The van der Waals surface area contributed by atoms with Gasteiger partial charge in [-0.05, 0) is 36.8 Å². The van der Waals surface area contributed by atoms with Crippen LogP contribution in [-0.2, 0) is 11.2 Å². The molecule has 0 bridgehead atoms. The van der Waals surface area contributed by atoms with Crippen molar-refractivity contribution in [2.45, 2.75) is 19.4 Å². The Morgan fingerprint density at radius 2 is 2.07 bits per heavy atom. The average molecular weight is 375 g/mol. The van der Waals surface area contributed by atoms with E-state index < -0.39 is 0 Å². The van der Waals surface area contributed by atoms with Gasteiger partial charge in [-0.3, -0.25) is 4.79 Å². The predicted octanol–water partition coefficient (Wildman–Crippen LogP) is 4.05. The van der Waals surface area contributed by atoms with Gasteiger partial charge in [0.2, 0.25) is 5.91 Å². The molecular formula is C22H21N3O3. The molecule has 0 unspecified atom stereocenters. The lowest BCUT2D eigenvalue weighted by molar-refractivity contribution is -0.121. The van der Waals surface area contributed by atoms with Crippen LogP contribution in [0.3, 0.4) is 0 Å². The van der Waals surface area contributed by atoms with E-state index in [9.17, 15) is 4.79 Å². The molecule has 2 heterocycles. The van der Waals surface area contributed by atoms with Crippen LogP contribution >= 0.6 is 0 Å². The molecular weight excluding hydrogens is 354 g/mol. The average Bonchev–Trinajstić information content (AvgIpc) is 3.38. The lowest BCUT2D eigenvalue weighted by atomic mass is 10.1. The minimum atomic E-state index is -0.0948. The highest BCUT2D eigenvalue weighted by Crippen LogP contribution is 2.26. The highest BCUT2D eigenvalue weighted by molar-refractivity contribution is 5.88. The number of imidazole rings is 1. The Kier molecular flexibility index (Phi) is 4.85. The molecule has 0 spiro atoms. The van der Waals surface area contributed by atoms with E-state index in [1.807, 2.05) is 60.2 Å². The van der Waals surface area contributed by atoms with Crippen molar-refractivity contribution < 1.29 is 13.9 Å². The minimum absolute atomic E-state index is 0.0512. The van der Waals surface area contributed by atoms with Gasteiger partial charge in [-0.2, -0.15) is 0 Å². The normalized spacial score (nSPS) is 12.1. The summed E-state index contributed by atoms with van der Waals surface area (Å²) in [6, 6.07) is 13.6. The van der Waals surface area contributed by atoms with Gasteiger partial charge in [0.15, 0.2) is 0 Å². The van der Waals surface area contributed by atoms with Crippen molar-refractivity contribution in [3.63, 3.8) is 0 Å². The summed E-state index contributed by atoms with van der Waals surface area (Å²) in [4.78, 5) is 16.6. The number of hydrogen-bond acceptors (Lipinski definition) is 4. The number of amides is 1. The van der Waals surface area contributed by atoms with Crippen molar-refractivity contribution in [2.24, 2.45) is 0 Å². The van der Waals surface area contributed by atoms with Crippen molar-refractivity contribution in [3.8, 4) is 11.4 Å². The van der Waals surface area contributed by atoms with E-state index in [4.69, 9.17) is 9.15 Å². The molecule has 2 aromatic carbocycles. The van der Waals surface area contributed by atoms with Crippen LogP contribution in [0.5, 0.6) is 5.75 Å². The molecule has 6 nitrogen and oxygen atoms in total. The van der Waals surface area contributed by atoms with Gasteiger partial charge in [0, 0.05) is 35.1 Å². The summed E-state index contributed by atoms with van der Waals surface area (Å²) in [6.07, 6.45) is 7.29. The summed E-state index contributed by atoms with van der Waals surface area (Å²) in [5, 5.41) is 3.98. The fraction of sp³-hybridized carbons (Fsp3) is 0.182. The van der Waals surface area contributed by atoms with Gasteiger partial charge >= 0.3 is 0 Å². The first-order valence-electron chi connectivity index (χ1n) is 9.06. The quantitative estimate of drug-likeness (QED) is 0.552. The van der Waals surface area contributed by atoms with E-state index in [0.717, 1.165) is 28.0 Å². The van der Waals surface area contributed by atoms with Gasteiger partial charge in [0.05, 0.1) is 32.2 Å². The van der Waals surface area contributed by atoms with E-state index >= 15 is 0 Å². The smallest absolute Gasteiger partial charge is 0.225 e. The number of methoxy groups -OCH3 is 1. The zero-order chi connectivity index (χ0) is 19.5. The van der Waals surface area contributed by atoms with Crippen LogP contribution in [0.25, 0.3) is 16.7 Å². The number of nitrogens with zero attached hydrogens (tertiary/aromatic N) is 2. The Bertz CT molecular complexity index is 1080. The van der Waals surface area contributed by atoms with Gasteiger partial charge in [-0.25, -0.2) is 4.98 Å². The SMILES string of the molecule is COc1ccc2c(CC(=O)N[C@@H](C)c3ccc(-n4ccnc4)cc3)coc2c1. The van der Waals surface area contributed by atoms with Crippen LogP contribution in [0.15, 0.2) is 71.9 Å². The molecule has 0 saturated heterocycles. The van der Waals surface area contributed by atoms with Crippen molar-refractivity contribution in [3.05, 3.63) is 78.6 Å². The number of furan rings is 1. The number of fused-ring (bicyclic) bond motifs is 1. The van der Waals surface area contributed by atoms with Crippen LogP contribution < -0.4 is 10.1 Å². The highest BCUT2D eigenvalue weighted by Gasteiger charge is 2.14. The standard InChI is InChI=1S/C22H21N3O3/c1-15(16-3-5-18(6-4-16)25-10-9-23-14-25)24-22(26)11-17-13-28-21-12-19(27-2)7-8-20(17)21/h3-10,12-15H,11H2,1-2H3,(H,24,26)/t15-/m0/s1. The molecule has 0 radical (unpaired) electrons. The summed E-state index contributed by atoms with van der Waals surface area (Å²) in [5.74, 6) is 0.676. The van der Waals surface area contributed by atoms with Gasteiger partial charge in [0.1, 0.15) is 11.3 Å². The topological polar surface area (TPSA) is 69.3 Å². The molecule has 6 heteroatoms. The summed E-state index contributed by atoms with van der Waals surface area (Å²) >= 11 is 0. The monoisotopic (exact) mass is 375 g/mol. The van der Waals surface area contributed by atoms with E-state index in [0.29, 0.717) is 5.58 Å². The fourth-order valence-corrected chi connectivity index (χ4v) is 3.22. The Morgan fingerprint density at radius 1 is 1.25 bits per heavy atom. The second-order valence-electron chi connectivity index (χ2n) is 6.65. The Morgan fingerprint density at radius 3 is 2.79 bits per heavy atom. The fourth-order valence-electron chi connectivity index (χ4n) is 3.22. The molecule has 142 valence electrons. The lowest BCUT2D eigenvalue weighted by Gasteiger charge is -2.15. The third-order valence-corrected chi connectivity index (χ3v) is 4.79. The van der Waals surface area contributed by atoms with Crippen LogP contribution in [0.1, 0.15) is 24.1 Å². The highest BCUT2D eigenvalue weighted by atomic mass is 16.5. The zero-order valence-corrected chi connectivity index (χ0v) is 15.8. The Balaban J connectivity index is 1.42. The number of rotatable bonds is 6. The van der Waals surface area contributed by atoms with Crippen molar-refractivity contribution in [2.75, 3.05) is 7.11 Å². The molecule has 2 aromatic heterocycles. The molecule has 1 atom stereocenters. The maximum atomic E-state index is 12.5. The number of hydrogen-bond donors (Lipinski definition) is 1. The number of carbonyl (C=O) groups excluding carboxylic acids is 1. The Hall–Kier alpha value is -3.54. The lowest BCUT2D eigenvalue weighted by Crippen LogP contribution is -2.28. The van der Waals surface area contributed by atoms with E-state index in [-0.39, 0.29) is 18.4 Å². The molecule has 1 N–H and O–H groups in total. The summed E-state index contributed by atoms with van der Waals surface area (Å²) in [6.45, 7) is 1.97. The van der Waals surface area contributed by atoms with Crippen LogP contribution in [-0.4, -0.2) is 22.6 Å². The second-order valence-corrected chi connectivity index (χ2v) is 6.65. The first-order chi connectivity index (χ1) is 13.6. The first-order valence-corrected chi connectivity index (χ1v) is 9.06. The largest absolute Gasteiger partial charge is 0.497 e. The van der Waals surface area contributed by atoms with Gasteiger partial charge < -0.3 is 19.0 Å². The molecule has 0 aliphatic heterocycles. The molecule has 1 amide bonds. The molecule has 0 saturated carbocycles. The predicted molar refractivity (Wildman–Crippen MR) is 107 cm³/mol. The van der Waals surface area contributed by atoms with E-state index in [1.165, 1.54) is 0 Å². The summed E-state index contributed by atoms with van der Waals surface area (Å²) < 4.78 is 12.7. The molecule has 0 aliphatic rings. The first kappa shape index (κ1) is 17.9.